The fourth-order valence-electron chi connectivity index (χ4n) is 2.85. The van der Waals surface area contributed by atoms with E-state index in [2.05, 4.69) is 35.3 Å². The van der Waals surface area contributed by atoms with Crippen LogP contribution in [0.25, 0.3) is 0 Å². The molecule has 1 aromatic rings. The fraction of sp³-hybridized carbons (Fsp3) is 0.786. The average Bonchev–Trinajstić information content (AvgIpc) is 2.71. The number of imidazole rings is 1. The largest absolute Gasteiger partial charge is 0.396 e. The molecule has 0 aromatic carbocycles. The van der Waals surface area contributed by atoms with E-state index in [1.165, 1.54) is 6.42 Å². The number of hydrogen-bond acceptors (Lipinski definition) is 3. The Morgan fingerprint density at radius 3 is 2.72 bits per heavy atom. The van der Waals surface area contributed by atoms with Crippen molar-refractivity contribution in [2.24, 2.45) is 5.41 Å². The maximum absolute atomic E-state index is 9.51. The molecular formula is C14H25N3O. The summed E-state index contributed by atoms with van der Waals surface area (Å²) in [5.74, 6) is 1.11. The molecule has 1 aromatic heterocycles. The molecule has 0 bridgehead atoms. The number of aromatic nitrogens is 2. The van der Waals surface area contributed by atoms with Gasteiger partial charge in [-0.05, 0) is 33.7 Å². The van der Waals surface area contributed by atoms with Crippen LogP contribution in [0.15, 0.2) is 12.4 Å². The summed E-state index contributed by atoms with van der Waals surface area (Å²) in [5.41, 5.74) is 0.157. The molecule has 0 aliphatic heterocycles. The molecule has 4 heteroatoms. The van der Waals surface area contributed by atoms with E-state index in [1.54, 1.807) is 0 Å². The van der Waals surface area contributed by atoms with Gasteiger partial charge in [-0.3, -0.25) is 4.90 Å². The van der Waals surface area contributed by atoms with Crippen LogP contribution >= 0.6 is 0 Å². The summed E-state index contributed by atoms with van der Waals surface area (Å²) >= 11 is 0. The smallest absolute Gasteiger partial charge is 0.123 e. The van der Waals surface area contributed by atoms with Gasteiger partial charge in [-0.25, -0.2) is 4.98 Å². The van der Waals surface area contributed by atoms with Gasteiger partial charge in [0.25, 0.3) is 0 Å². The molecule has 4 nitrogen and oxygen atoms in total. The second-order valence-electron chi connectivity index (χ2n) is 6.03. The van der Waals surface area contributed by atoms with Crippen molar-refractivity contribution in [3.63, 3.8) is 0 Å². The van der Waals surface area contributed by atoms with E-state index >= 15 is 0 Å². The topological polar surface area (TPSA) is 41.3 Å². The van der Waals surface area contributed by atoms with Gasteiger partial charge in [-0.1, -0.05) is 6.42 Å². The summed E-state index contributed by atoms with van der Waals surface area (Å²) in [5, 5.41) is 9.51. The second kappa shape index (κ2) is 5.41. The Kier molecular flexibility index (Phi) is 4.07. The SMILES string of the molecule is CC(C)n1ccnc1CN(C)CC1(CO)CCC1. The lowest BCUT2D eigenvalue weighted by molar-refractivity contribution is 0.0119. The first-order chi connectivity index (χ1) is 8.56. The number of hydrogen-bond donors (Lipinski definition) is 1. The summed E-state index contributed by atoms with van der Waals surface area (Å²) in [6, 6.07) is 0.450. The van der Waals surface area contributed by atoms with Crippen LogP contribution in [-0.2, 0) is 6.54 Å². The minimum absolute atomic E-state index is 0.157. The monoisotopic (exact) mass is 251 g/mol. The normalized spacial score (nSPS) is 18.3. The van der Waals surface area contributed by atoms with Crippen molar-refractivity contribution in [3.8, 4) is 0 Å². The van der Waals surface area contributed by atoms with Crippen LogP contribution in [0.4, 0.5) is 0 Å². The van der Waals surface area contributed by atoms with Crippen LogP contribution in [0.5, 0.6) is 0 Å². The van der Waals surface area contributed by atoms with Gasteiger partial charge in [0.05, 0.1) is 6.54 Å². The van der Waals surface area contributed by atoms with E-state index in [0.717, 1.165) is 31.8 Å². The van der Waals surface area contributed by atoms with E-state index in [4.69, 9.17) is 0 Å². The first-order valence-electron chi connectivity index (χ1n) is 6.87. The number of aliphatic hydroxyl groups excluding tert-OH is 1. The van der Waals surface area contributed by atoms with E-state index in [-0.39, 0.29) is 5.41 Å². The molecule has 0 unspecified atom stereocenters. The van der Waals surface area contributed by atoms with E-state index in [0.29, 0.717) is 12.6 Å². The predicted molar refractivity (Wildman–Crippen MR) is 72.3 cm³/mol. The average molecular weight is 251 g/mol. The molecule has 0 saturated heterocycles. The Balaban J connectivity index is 1.94. The minimum atomic E-state index is 0.157. The standard InChI is InChI=1S/C14H25N3O/c1-12(2)17-8-7-15-13(17)9-16(3)10-14(11-18)5-4-6-14/h7-8,12,18H,4-6,9-11H2,1-3H3. The zero-order chi connectivity index (χ0) is 13.2. The highest BCUT2D eigenvalue weighted by molar-refractivity contribution is 4.96. The highest BCUT2D eigenvalue weighted by atomic mass is 16.3. The van der Waals surface area contributed by atoms with Crippen LogP contribution < -0.4 is 0 Å². The van der Waals surface area contributed by atoms with Crippen molar-refractivity contribution in [3.05, 3.63) is 18.2 Å². The maximum Gasteiger partial charge on any atom is 0.123 e. The van der Waals surface area contributed by atoms with Crippen LogP contribution in [-0.4, -0.2) is 39.8 Å². The van der Waals surface area contributed by atoms with Crippen molar-refractivity contribution >= 4 is 0 Å². The lowest BCUT2D eigenvalue weighted by atomic mass is 9.69. The van der Waals surface area contributed by atoms with Crippen LogP contribution in [0.2, 0.25) is 0 Å². The zero-order valence-electron chi connectivity index (χ0n) is 11.8. The molecule has 2 rings (SSSR count). The second-order valence-corrected chi connectivity index (χ2v) is 6.03. The lowest BCUT2D eigenvalue weighted by Crippen LogP contribution is -2.43. The third-order valence-corrected chi connectivity index (χ3v) is 4.07. The van der Waals surface area contributed by atoms with Gasteiger partial charge in [-0.2, -0.15) is 0 Å². The van der Waals surface area contributed by atoms with Crippen molar-refractivity contribution in [1.29, 1.82) is 0 Å². The molecule has 18 heavy (non-hydrogen) atoms. The number of aliphatic hydroxyl groups is 1. The Bertz CT molecular complexity index is 377. The molecule has 1 fully saturated rings. The number of rotatable bonds is 6. The van der Waals surface area contributed by atoms with Crippen molar-refractivity contribution in [2.45, 2.75) is 45.7 Å². The van der Waals surface area contributed by atoms with Gasteiger partial charge in [-0.15, -0.1) is 0 Å². The third-order valence-electron chi connectivity index (χ3n) is 4.07. The molecule has 0 spiro atoms. The van der Waals surface area contributed by atoms with Crippen LogP contribution in [0.1, 0.15) is 45.0 Å². The van der Waals surface area contributed by atoms with Gasteiger partial charge in [0.1, 0.15) is 5.82 Å². The van der Waals surface area contributed by atoms with Gasteiger partial charge in [0.15, 0.2) is 0 Å². The van der Waals surface area contributed by atoms with Crippen LogP contribution in [0, 0.1) is 5.41 Å². The summed E-state index contributed by atoms with van der Waals surface area (Å²) < 4.78 is 2.21. The molecule has 0 amide bonds. The molecule has 1 aliphatic carbocycles. The van der Waals surface area contributed by atoms with Gasteiger partial charge >= 0.3 is 0 Å². The quantitative estimate of drug-likeness (QED) is 0.841. The molecule has 0 atom stereocenters. The molecule has 1 saturated carbocycles. The zero-order valence-corrected chi connectivity index (χ0v) is 11.8. The van der Waals surface area contributed by atoms with Crippen molar-refractivity contribution in [2.75, 3.05) is 20.2 Å². The molecule has 0 radical (unpaired) electrons. The van der Waals surface area contributed by atoms with E-state index in [1.807, 2.05) is 12.4 Å². The molecule has 1 aliphatic rings. The summed E-state index contributed by atoms with van der Waals surface area (Å²) in [4.78, 5) is 6.72. The summed E-state index contributed by atoms with van der Waals surface area (Å²) in [7, 11) is 2.12. The summed E-state index contributed by atoms with van der Waals surface area (Å²) in [6.45, 7) is 6.48. The van der Waals surface area contributed by atoms with Gasteiger partial charge in [0, 0.05) is 37.0 Å². The predicted octanol–water partition coefficient (Wildman–Crippen LogP) is 2.06. The fourth-order valence-corrected chi connectivity index (χ4v) is 2.85. The van der Waals surface area contributed by atoms with Crippen LogP contribution in [0.3, 0.4) is 0 Å². The Morgan fingerprint density at radius 2 is 2.22 bits per heavy atom. The van der Waals surface area contributed by atoms with Gasteiger partial charge in [0.2, 0.25) is 0 Å². The molecule has 1 N–H and O–H groups in total. The maximum atomic E-state index is 9.51. The minimum Gasteiger partial charge on any atom is -0.396 e. The van der Waals surface area contributed by atoms with Crippen molar-refractivity contribution < 1.29 is 5.11 Å². The molecule has 102 valence electrons. The number of nitrogens with zero attached hydrogens (tertiary/aromatic N) is 3. The van der Waals surface area contributed by atoms with E-state index < -0.39 is 0 Å². The first-order valence-corrected chi connectivity index (χ1v) is 6.87. The Morgan fingerprint density at radius 1 is 1.50 bits per heavy atom. The highest BCUT2D eigenvalue weighted by Crippen LogP contribution is 2.40. The lowest BCUT2D eigenvalue weighted by Gasteiger charge is -2.42. The molecular weight excluding hydrogens is 226 g/mol. The highest BCUT2D eigenvalue weighted by Gasteiger charge is 2.37. The van der Waals surface area contributed by atoms with Crippen molar-refractivity contribution in [1.82, 2.24) is 14.5 Å². The third kappa shape index (κ3) is 2.75. The summed E-state index contributed by atoms with van der Waals surface area (Å²) in [6.07, 6.45) is 7.49. The first kappa shape index (κ1) is 13.6. The molecule has 1 heterocycles. The van der Waals surface area contributed by atoms with E-state index in [9.17, 15) is 5.11 Å². The van der Waals surface area contributed by atoms with Gasteiger partial charge < -0.3 is 9.67 Å². The Labute approximate surface area is 110 Å². The Hall–Kier alpha value is -0.870.